The fraction of sp³-hybridized carbons (Fsp3) is 0.333. The van der Waals surface area contributed by atoms with Gasteiger partial charge in [0.2, 0.25) is 0 Å². The van der Waals surface area contributed by atoms with Gasteiger partial charge in [-0.25, -0.2) is 10.9 Å². The average Bonchev–Trinajstić information content (AvgIpc) is 2.55. The van der Waals surface area contributed by atoms with Crippen LogP contribution < -0.4 is 5.84 Å². The first kappa shape index (κ1) is 8.69. The number of nitrogens with zero attached hydrogens (tertiary/aromatic N) is 2. The van der Waals surface area contributed by atoms with Crippen LogP contribution in [-0.2, 0) is 4.74 Å². The van der Waals surface area contributed by atoms with Crippen LogP contribution in [0.2, 0.25) is 0 Å². The van der Waals surface area contributed by atoms with E-state index < -0.39 is 5.91 Å². The third-order valence-electron chi connectivity index (χ3n) is 1.19. The van der Waals surface area contributed by atoms with E-state index in [9.17, 15) is 4.79 Å². The van der Waals surface area contributed by atoms with E-state index in [0.717, 1.165) is 5.01 Å². The molecule has 1 aromatic heterocycles. The first-order valence-electron chi connectivity index (χ1n) is 3.21. The molecule has 0 aromatic carbocycles. The van der Waals surface area contributed by atoms with Crippen molar-refractivity contribution < 1.29 is 14.1 Å². The molecule has 0 saturated heterocycles. The number of nitrogens with two attached hydrogens (primary N) is 1. The lowest BCUT2D eigenvalue weighted by Gasteiger charge is -2.12. The summed E-state index contributed by atoms with van der Waals surface area (Å²) in [6, 6.07) is 1.43. The van der Waals surface area contributed by atoms with Gasteiger partial charge < -0.3 is 9.26 Å². The summed E-state index contributed by atoms with van der Waals surface area (Å²) in [6.07, 6.45) is 1.30. The van der Waals surface area contributed by atoms with Crippen LogP contribution in [0.15, 0.2) is 16.9 Å². The van der Waals surface area contributed by atoms with E-state index in [2.05, 4.69) is 14.4 Å². The van der Waals surface area contributed by atoms with E-state index in [-0.39, 0.29) is 12.4 Å². The minimum Gasteiger partial charge on any atom is -0.364 e. The van der Waals surface area contributed by atoms with Gasteiger partial charge in [0, 0.05) is 13.2 Å². The molecule has 0 atom stereocenters. The molecular weight excluding hydrogens is 162 g/mol. The van der Waals surface area contributed by atoms with Crippen molar-refractivity contribution in [1.82, 2.24) is 10.2 Å². The first-order valence-corrected chi connectivity index (χ1v) is 3.21. The number of hydrogen-bond donors (Lipinski definition) is 1. The highest BCUT2D eigenvalue weighted by molar-refractivity contribution is 5.91. The number of methoxy groups -OCH3 is 1. The normalized spacial score (nSPS) is 9.83. The Morgan fingerprint density at radius 1 is 1.92 bits per heavy atom. The van der Waals surface area contributed by atoms with Crippen LogP contribution >= 0.6 is 0 Å². The number of ether oxygens (including phenoxy) is 1. The lowest BCUT2D eigenvalue weighted by Crippen LogP contribution is -2.38. The van der Waals surface area contributed by atoms with Gasteiger partial charge in [-0.1, -0.05) is 5.16 Å². The molecule has 1 rings (SSSR count). The second-order valence-electron chi connectivity index (χ2n) is 2.08. The van der Waals surface area contributed by atoms with Crippen molar-refractivity contribution in [2.75, 3.05) is 13.8 Å². The summed E-state index contributed by atoms with van der Waals surface area (Å²) in [5, 5.41) is 4.32. The molecule has 0 unspecified atom stereocenters. The minimum absolute atomic E-state index is 0.0195. The highest BCUT2D eigenvalue weighted by Gasteiger charge is 2.14. The van der Waals surface area contributed by atoms with Crippen molar-refractivity contribution in [2.24, 2.45) is 5.84 Å². The van der Waals surface area contributed by atoms with Gasteiger partial charge in [-0.3, -0.25) is 4.79 Å². The van der Waals surface area contributed by atoms with E-state index in [0.29, 0.717) is 0 Å². The fourth-order valence-corrected chi connectivity index (χ4v) is 0.668. The highest BCUT2D eigenvalue weighted by atomic mass is 16.5. The minimum atomic E-state index is -0.439. The zero-order valence-corrected chi connectivity index (χ0v) is 6.56. The van der Waals surface area contributed by atoms with E-state index in [1.807, 2.05) is 0 Å². The molecule has 0 aliphatic rings. The molecule has 1 heterocycles. The van der Waals surface area contributed by atoms with Crippen molar-refractivity contribution in [3.05, 3.63) is 18.0 Å². The predicted molar refractivity (Wildman–Crippen MR) is 38.7 cm³/mol. The van der Waals surface area contributed by atoms with E-state index in [4.69, 9.17) is 5.84 Å². The monoisotopic (exact) mass is 171 g/mol. The molecular formula is C6H9N3O3. The van der Waals surface area contributed by atoms with Crippen molar-refractivity contribution in [2.45, 2.75) is 0 Å². The molecule has 1 amide bonds. The van der Waals surface area contributed by atoms with Gasteiger partial charge in [0.1, 0.15) is 13.0 Å². The largest absolute Gasteiger partial charge is 0.364 e. The molecule has 0 fully saturated rings. The van der Waals surface area contributed by atoms with Gasteiger partial charge in [-0.2, -0.15) is 0 Å². The maximum absolute atomic E-state index is 11.2. The SMILES string of the molecule is COCN(N)C(=O)c1ccon1. The average molecular weight is 171 g/mol. The predicted octanol–water partition coefficient (Wildman–Crippen LogP) is -0.406. The zero-order chi connectivity index (χ0) is 8.97. The molecule has 0 spiro atoms. The smallest absolute Gasteiger partial charge is 0.292 e. The summed E-state index contributed by atoms with van der Waals surface area (Å²) in [5.74, 6) is 4.86. The molecule has 0 aliphatic carbocycles. The van der Waals surface area contributed by atoms with E-state index in [1.165, 1.54) is 19.4 Å². The zero-order valence-electron chi connectivity index (χ0n) is 6.56. The number of carbonyl (C=O) groups excluding carboxylic acids is 1. The Labute approximate surface area is 68.8 Å². The van der Waals surface area contributed by atoms with Crippen molar-refractivity contribution in [3.8, 4) is 0 Å². The van der Waals surface area contributed by atoms with Crippen LogP contribution in [0.25, 0.3) is 0 Å². The quantitative estimate of drug-likeness (QED) is 0.289. The van der Waals surface area contributed by atoms with Crippen molar-refractivity contribution in [1.29, 1.82) is 0 Å². The summed E-state index contributed by atoms with van der Waals surface area (Å²) in [7, 11) is 1.44. The highest BCUT2D eigenvalue weighted by Crippen LogP contribution is 1.97. The Kier molecular flexibility index (Phi) is 2.78. The van der Waals surface area contributed by atoms with E-state index in [1.54, 1.807) is 0 Å². The topological polar surface area (TPSA) is 81.6 Å². The molecule has 1 aromatic rings. The van der Waals surface area contributed by atoms with Gasteiger partial charge in [-0.05, 0) is 0 Å². The number of aromatic nitrogens is 1. The number of amides is 1. The number of hydrazine groups is 1. The number of hydrogen-bond acceptors (Lipinski definition) is 5. The second kappa shape index (κ2) is 3.84. The Bertz CT molecular complexity index is 247. The molecule has 12 heavy (non-hydrogen) atoms. The standard InChI is InChI=1S/C6H9N3O3/c1-11-4-9(7)6(10)5-2-3-12-8-5/h2-3H,4,7H2,1H3. The van der Waals surface area contributed by atoms with Gasteiger partial charge in [0.05, 0.1) is 0 Å². The van der Waals surface area contributed by atoms with Crippen LogP contribution in [-0.4, -0.2) is 29.9 Å². The van der Waals surface area contributed by atoms with Gasteiger partial charge >= 0.3 is 0 Å². The van der Waals surface area contributed by atoms with Gasteiger partial charge in [0.25, 0.3) is 5.91 Å². The molecule has 0 saturated carbocycles. The molecule has 66 valence electrons. The Balaban J connectivity index is 2.59. The van der Waals surface area contributed by atoms with Crippen molar-refractivity contribution >= 4 is 5.91 Å². The van der Waals surface area contributed by atoms with Crippen LogP contribution in [0.4, 0.5) is 0 Å². The lowest BCUT2D eigenvalue weighted by atomic mass is 10.4. The van der Waals surface area contributed by atoms with Crippen LogP contribution in [0.5, 0.6) is 0 Å². The number of carbonyl (C=O) groups is 1. The second-order valence-corrected chi connectivity index (χ2v) is 2.08. The maximum Gasteiger partial charge on any atom is 0.292 e. The molecule has 0 radical (unpaired) electrons. The summed E-state index contributed by atoms with van der Waals surface area (Å²) >= 11 is 0. The molecule has 6 nitrogen and oxygen atoms in total. The lowest BCUT2D eigenvalue weighted by molar-refractivity contribution is 0.0408. The Hall–Kier alpha value is -1.40. The summed E-state index contributed by atoms with van der Waals surface area (Å²) in [4.78, 5) is 11.2. The molecule has 0 bridgehead atoms. The Morgan fingerprint density at radius 2 is 2.67 bits per heavy atom. The molecule has 0 aliphatic heterocycles. The van der Waals surface area contributed by atoms with Gasteiger partial charge in [0.15, 0.2) is 5.69 Å². The summed E-state index contributed by atoms with van der Waals surface area (Å²) < 4.78 is 9.11. The van der Waals surface area contributed by atoms with Crippen molar-refractivity contribution in [3.63, 3.8) is 0 Å². The summed E-state index contributed by atoms with van der Waals surface area (Å²) in [5.41, 5.74) is 0.162. The fourth-order valence-electron chi connectivity index (χ4n) is 0.668. The van der Waals surface area contributed by atoms with Crippen LogP contribution in [0.3, 0.4) is 0 Å². The molecule has 2 N–H and O–H groups in total. The van der Waals surface area contributed by atoms with Gasteiger partial charge in [-0.15, -0.1) is 0 Å². The Morgan fingerprint density at radius 3 is 3.17 bits per heavy atom. The third kappa shape index (κ3) is 1.80. The third-order valence-corrected chi connectivity index (χ3v) is 1.19. The van der Waals surface area contributed by atoms with Crippen LogP contribution in [0, 0.1) is 0 Å². The van der Waals surface area contributed by atoms with Crippen LogP contribution in [0.1, 0.15) is 10.5 Å². The summed E-state index contributed by atoms with van der Waals surface area (Å²) in [6.45, 7) is 0.0195. The molecule has 6 heteroatoms. The number of rotatable bonds is 3. The first-order chi connectivity index (χ1) is 5.75. The maximum atomic E-state index is 11.2. The van der Waals surface area contributed by atoms with E-state index >= 15 is 0 Å².